The van der Waals surface area contributed by atoms with Crippen LogP contribution in [0, 0.1) is 11.6 Å². The van der Waals surface area contributed by atoms with E-state index >= 15 is 0 Å². The Morgan fingerprint density at radius 1 is 1.27 bits per heavy atom. The van der Waals surface area contributed by atoms with Crippen molar-refractivity contribution in [3.8, 4) is 0 Å². The fourth-order valence-electron chi connectivity index (χ4n) is 2.49. The molecule has 4 nitrogen and oxygen atoms in total. The normalized spacial score (nSPS) is 12.1. The second-order valence-corrected chi connectivity index (χ2v) is 7.30. The third-order valence-electron chi connectivity index (χ3n) is 3.75. The minimum absolute atomic E-state index is 0.220. The molecule has 2 aromatic carbocycles. The van der Waals surface area contributed by atoms with E-state index in [0.29, 0.717) is 28.2 Å². The van der Waals surface area contributed by atoms with Gasteiger partial charge in [0.15, 0.2) is 10.6 Å². The van der Waals surface area contributed by atoms with Crippen molar-refractivity contribution in [2.24, 2.45) is 4.99 Å². The molecule has 0 spiro atoms. The van der Waals surface area contributed by atoms with Crippen molar-refractivity contribution >= 4 is 39.2 Å². The number of ether oxygens (including phenoxy) is 1. The third-order valence-corrected chi connectivity index (χ3v) is 5.52. The Morgan fingerprint density at radius 3 is 2.65 bits per heavy atom. The van der Waals surface area contributed by atoms with Crippen LogP contribution >= 0.6 is 23.1 Å². The first-order valence-electron chi connectivity index (χ1n) is 7.74. The number of carbonyl (C=O) groups is 1. The molecule has 0 unspecified atom stereocenters. The van der Waals surface area contributed by atoms with E-state index in [4.69, 9.17) is 4.74 Å². The van der Waals surface area contributed by atoms with Gasteiger partial charge in [0.2, 0.25) is 0 Å². The number of thioether (sulfide) groups is 1. The number of hydrogen-bond donors (Lipinski definition) is 0. The predicted molar refractivity (Wildman–Crippen MR) is 99.7 cm³/mol. The second kappa shape index (κ2) is 8.11. The molecule has 0 fully saturated rings. The minimum atomic E-state index is -0.689. The smallest absolute Gasteiger partial charge is 0.279 e. The van der Waals surface area contributed by atoms with Gasteiger partial charge in [-0.1, -0.05) is 11.3 Å². The average Bonchev–Trinajstić information content (AvgIpc) is 2.97. The molecule has 26 heavy (non-hydrogen) atoms. The number of carbonyl (C=O) groups excluding carboxylic acids is 1. The van der Waals surface area contributed by atoms with Crippen molar-refractivity contribution in [3.05, 3.63) is 58.4 Å². The lowest BCUT2D eigenvalue weighted by Crippen LogP contribution is -2.19. The highest BCUT2D eigenvalue weighted by molar-refractivity contribution is 7.98. The Hall–Kier alpha value is -2.03. The third kappa shape index (κ3) is 3.87. The van der Waals surface area contributed by atoms with Crippen LogP contribution in [-0.2, 0) is 11.3 Å². The molecule has 1 aromatic heterocycles. The number of aromatic nitrogens is 1. The summed E-state index contributed by atoms with van der Waals surface area (Å²) < 4.78 is 34.8. The molecule has 136 valence electrons. The van der Waals surface area contributed by atoms with Crippen LogP contribution in [0.25, 0.3) is 10.2 Å². The highest BCUT2D eigenvalue weighted by Gasteiger charge is 2.14. The van der Waals surface area contributed by atoms with Gasteiger partial charge in [-0.15, -0.1) is 11.8 Å². The van der Waals surface area contributed by atoms with Crippen LogP contribution in [0.15, 0.2) is 46.3 Å². The molecule has 3 rings (SSSR count). The van der Waals surface area contributed by atoms with Crippen LogP contribution in [0.4, 0.5) is 8.78 Å². The molecule has 0 N–H and O–H groups in total. The Bertz CT molecular complexity index is 1010. The molecule has 0 aliphatic carbocycles. The van der Waals surface area contributed by atoms with Gasteiger partial charge in [-0.3, -0.25) is 4.79 Å². The highest BCUT2D eigenvalue weighted by Crippen LogP contribution is 2.22. The zero-order valence-corrected chi connectivity index (χ0v) is 15.8. The van der Waals surface area contributed by atoms with Crippen molar-refractivity contribution < 1.29 is 18.3 Å². The summed E-state index contributed by atoms with van der Waals surface area (Å²) >= 11 is 2.64. The summed E-state index contributed by atoms with van der Waals surface area (Å²) in [6.45, 7) is 0.614. The van der Waals surface area contributed by atoms with E-state index in [9.17, 15) is 13.6 Å². The van der Waals surface area contributed by atoms with Crippen LogP contribution in [0.5, 0.6) is 0 Å². The van der Waals surface area contributed by atoms with Crippen LogP contribution in [0.2, 0.25) is 0 Å². The maximum atomic E-state index is 14.3. The minimum Gasteiger partial charge on any atom is -0.383 e. The zero-order valence-electron chi connectivity index (χ0n) is 14.2. The van der Waals surface area contributed by atoms with E-state index in [-0.39, 0.29) is 5.52 Å². The monoisotopic (exact) mass is 394 g/mol. The quantitative estimate of drug-likeness (QED) is 0.612. The number of benzene rings is 2. The summed E-state index contributed by atoms with van der Waals surface area (Å²) in [4.78, 5) is 18.0. The Morgan fingerprint density at radius 2 is 2.00 bits per heavy atom. The van der Waals surface area contributed by atoms with Crippen molar-refractivity contribution in [1.82, 2.24) is 4.57 Å². The van der Waals surface area contributed by atoms with Gasteiger partial charge < -0.3 is 9.30 Å². The molecule has 0 saturated carbocycles. The lowest BCUT2D eigenvalue weighted by atomic mass is 10.2. The lowest BCUT2D eigenvalue weighted by molar-refractivity contribution is 0.0997. The summed E-state index contributed by atoms with van der Waals surface area (Å²) in [5, 5.41) is 0. The molecule has 1 amide bonds. The number of amides is 1. The second-order valence-electron chi connectivity index (χ2n) is 5.41. The molecule has 0 aliphatic heterocycles. The van der Waals surface area contributed by atoms with E-state index in [1.54, 1.807) is 28.5 Å². The van der Waals surface area contributed by atoms with Gasteiger partial charge in [0.1, 0.15) is 5.82 Å². The number of nitrogens with zero attached hydrogens (tertiary/aromatic N) is 2. The first kappa shape index (κ1) is 18.8. The molecule has 3 aromatic rings. The Labute approximate surface area is 157 Å². The molecule has 0 saturated heterocycles. The summed E-state index contributed by atoms with van der Waals surface area (Å²) in [6, 6.07) is 9.14. The first-order valence-corrected chi connectivity index (χ1v) is 9.78. The molecule has 1 heterocycles. The maximum Gasteiger partial charge on any atom is 0.279 e. The maximum absolute atomic E-state index is 14.3. The van der Waals surface area contributed by atoms with Gasteiger partial charge in [-0.2, -0.15) is 4.99 Å². The highest BCUT2D eigenvalue weighted by atomic mass is 32.2. The standard InChI is InChI=1S/C18H16F2N2O2S2/c1-24-8-7-22-16-14(20)9-12(19)10-15(16)26-18(22)21-17(23)11-3-5-13(25-2)6-4-11/h3-6,9-10H,7-8H2,1-2H3. The van der Waals surface area contributed by atoms with Crippen molar-refractivity contribution in [3.63, 3.8) is 0 Å². The molecule has 8 heteroatoms. The van der Waals surface area contributed by atoms with E-state index in [1.807, 2.05) is 18.4 Å². The molecule has 0 radical (unpaired) electrons. The van der Waals surface area contributed by atoms with Crippen LogP contribution < -0.4 is 4.80 Å². The molecule has 0 atom stereocenters. The van der Waals surface area contributed by atoms with Crippen LogP contribution in [-0.4, -0.2) is 30.4 Å². The summed E-state index contributed by atoms with van der Waals surface area (Å²) in [5.74, 6) is -1.79. The topological polar surface area (TPSA) is 43.6 Å². The van der Waals surface area contributed by atoms with Gasteiger partial charge >= 0.3 is 0 Å². The van der Waals surface area contributed by atoms with Gasteiger partial charge in [0, 0.05) is 30.2 Å². The SMILES string of the molecule is COCCn1c(=NC(=O)c2ccc(SC)cc2)sc2cc(F)cc(F)c21. The average molecular weight is 394 g/mol. The number of halogens is 2. The molecular formula is C18H16F2N2O2S2. The summed E-state index contributed by atoms with van der Waals surface area (Å²) in [7, 11) is 1.53. The predicted octanol–water partition coefficient (Wildman–Crippen LogP) is 4.09. The number of methoxy groups -OCH3 is 1. The van der Waals surface area contributed by atoms with E-state index in [2.05, 4.69) is 4.99 Å². The lowest BCUT2D eigenvalue weighted by Gasteiger charge is -2.05. The molecule has 0 bridgehead atoms. The van der Waals surface area contributed by atoms with Crippen LogP contribution in [0.1, 0.15) is 10.4 Å². The van der Waals surface area contributed by atoms with Gasteiger partial charge in [-0.25, -0.2) is 8.78 Å². The summed E-state index contributed by atoms with van der Waals surface area (Å²) in [5.41, 5.74) is 0.655. The molecular weight excluding hydrogens is 378 g/mol. The number of hydrogen-bond acceptors (Lipinski definition) is 4. The van der Waals surface area contributed by atoms with Gasteiger partial charge in [-0.05, 0) is 36.6 Å². The summed E-state index contributed by atoms with van der Waals surface area (Å²) in [6.07, 6.45) is 1.95. The Kier molecular flexibility index (Phi) is 5.85. The van der Waals surface area contributed by atoms with Crippen molar-refractivity contribution in [2.45, 2.75) is 11.4 Å². The van der Waals surface area contributed by atoms with Crippen LogP contribution in [0.3, 0.4) is 0 Å². The fourth-order valence-corrected chi connectivity index (χ4v) is 3.99. The number of rotatable bonds is 5. The van der Waals surface area contributed by atoms with E-state index in [1.165, 1.54) is 13.2 Å². The zero-order chi connectivity index (χ0) is 18.7. The van der Waals surface area contributed by atoms with E-state index < -0.39 is 17.5 Å². The molecule has 0 aliphatic rings. The van der Waals surface area contributed by atoms with Gasteiger partial charge in [0.25, 0.3) is 5.91 Å². The number of fused-ring (bicyclic) bond motifs is 1. The fraction of sp³-hybridized carbons (Fsp3) is 0.222. The van der Waals surface area contributed by atoms with Gasteiger partial charge in [0.05, 0.1) is 16.8 Å². The first-order chi connectivity index (χ1) is 12.5. The largest absolute Gasteiger partial charge is 0.383 e. The van der Waals surface area contributed by atoms with Crippen molar-refractivity contribution in [2.75, 3.05) is 20.0 Å². The van der Waals surface area contributed by atoms with Crippen molar-refractivity contribution in [1.29, 1.82) is 0 Å². The number of thiazole rings is 1. The van der Waals surface area contributed by atoms with E-state index in [0.717, 1.165) is 22.3 Å². The Balaban J connectivity index is 2.10.